The van der Waals surface area contributed by atoms with E-state index in [9.17, 15) is 5.11 Å². The van der Waals surface area contributed by atoms with Crippen LogP contribution in [0.2, 0.25) is 15.1 Å². The van der Waals surface area contributed by atoms with Gasteiger partial charge < -0.3 is 5.11 Å². The summed E-state index contributed by atoms with van der Waals surface area (Å²) in [4.78, 5) is 1.03. The molecular formula is C15H13Cl3OS. The molecule has 2 rings (SSSR count). The molecular weight excluding hydrogens is 335 g/mol. The predicted octanol–water partition coefficient (Wildman–Crippen LogP) is 5.34. The molecule has 0 aliphatic rings. The van der Waals surface area contributed by atoms with Crippen LogP contribution in [0.4, 0.5) is 0 Å². The summed E-state index contributed by atoms with van der Waals surface area (Å²) < 4.78 is 0. The molecule has 2 aromatic carbocycles. The van der Waals surface area contributed by atoms with Crippen molar-refractivity contribution in [2.75, 3.05) is 5.75 Å². The average Bonchev–Trinajstić information content (AvgIpc) is 2.41. The Balaban J connectivity index is 1.94. The zero-order valence-corrected chi connectivity index (χ0v) is 13.6. The molecule has 1 nitrogen and oxygen atoms in total. The number of benzene rings is 2. The van der Waals surface area contributed by atoms with E-state index in [0.29, 0.717) is 27.2 Å². The maximum absolute atomic E-state index is 10.1. The Morgan fingerprint density at radius 2 is 1.65 bits per heavy atom. The van der Waals surface area contributed by atoms with Gasteiger partial charge in [0, 0.05) is 32.1 Å². The molecule has 0 bridgehead atoms. The van der Waals surface area contributed by atoms with Crippen LogP contribution < -0.4 is 0 Å². The summed E-state index contributed by atoms with van der Waals surface area (Å²) in [5.74, 6) is 0.557. The molecule has 106 valence electrons. The molecule has 0 aliphatic heterocycles. The van der Waals surface area contributed by atoms with Gasteiger partial charge in [0.1, 0.15) is 0 Å². The lowest BCUT2D eigenvalue weighted by Crippen LogP contribution is -2.14. The Hall–Kier alpha value is -0.380. The minimum atomic E-state index is -0.517. The van der Waals surface area contributed by atoms with Gasteiger partial charge in [0.25, 0.3) is 0 Å². The van der Waals surface area contributed by atoms with Gasteiger partial charge in [-0.3, -0.25) is 0 Å². The highest BCUT2D eigenvalue weighted by Crippen LogP contribution is 2.27. The Bertz CT molecular complexity index is 569. The number of hydrogen-bond acceptors (Lipinski definition) is 2. The fraction of sp³-hybridized carbons (Fsp3) is 0.200. The molecule has 1 atom stereocenters. The first-order valence-electron chi connectivity index (χ1n) is 6.05. The Morgan fingerprint density at radius 3 is 2.30 bits per heavy atom. The maximum Gasteiger partial charge on any atom is 0.0675 e. The third-order valence-electron chi connectivity index (χ3n) is 2.74. The Labute approximate surface area is 137 Å². The van der Waals surface area contributed by atoms with Crippen molar-refractivity contribution in [3.63, 3.8) is 0 Å². The molecule has 0 saturated heterocycles. The van der Waals surface area contributed by atoms with Crippen LogP contribution in [0.1, 0.15) is 5.56 Å². The van der Waals surface area contributed by atoms with E-state index in [1.165, 1.54) is 0 Å². The van der Waals surface area contributed by atoms with E-state index in [0.717, 1.165) is 10.5 Å². The lowest BCUT2D eigenvalue weighted by Gasteiger charge is -2.13. The summed E-state index contributed by atoms with van der Waals surface area (Å²) in [6, 6.07) is 12.9. The van der Waals surface area contributed by atoms with Crippen molar-refractivity contribution in [3.05, 3.63) is 63.1 Å². The van der Waals surface area contributed by atoms with Gasteiger partial charge in [-0.15, -0.1) is 11.8 Å². The van der Waals surface area contributed by atoms with E-state index in [-0.39, 0.29) is 0 Å². The predicted molar refractivity (Wildman–Crippen MR) is 88.3 cm³/mol. The van der Waals surface area contributed by atoms with Crippen molar-refractivity contribution >= 4 is 46.6 Å². The van der Waals surface area contributed by atoms with Gasteiger partial charge in [0.15, 0.2) is 0 Å². The van der Waals surface area contributed by atoms with Crippen LogP contribution in [-0.4, -0.2) is 17.0 Å². The van der Waals surface area contributed by atoms with E-state index >= 15 is 0 Å². The van der Waals surface area contributed by atoms with Crippen LogP contribution in [0.25, 0.3) is 0 Å². The number of thioether (sulfide) groups is 1. The first-order valence-corrected chi connectivity index (χ1v) is 8.17. The lowest BCUT2D eigenvalue weighted by atomic mass is 10.1. The lowest BCUT2D eigenvalue weighted by molar-refractivity contribution is 0.200. The largest absolute Gasteiger partial charge is 0.392 e. The summed E-state index contributed by atoms with van der Waals surface area (Å²) in [7, 11) is 0. The van der Waals surface area contributed by atoms with Gasteiger partial charge in [-0.1, -0.05) is 46.9 Å². The molecule has 0 saturated carbocycles. The molecule has 20 heavy (non-hydrogen) atoms. The molecule has 0 fully saturated rings. The summed E-state index contributed by atoms with van der Waals surface area (Å²) in [6.45, 7) is 0. The first-order chi connectivity index (χ1) is 9.56. The van der Waals surface area contributed by atoms with Crippen LogP contribution in [0.15, 0.2) is 47.4 Å². The zero-order chi connectivity index (χ0) is 14.5. The molecule has 5 heteroatoms. The molecule has 0 spiro atoms. The summed E-state index contributed by atoms with van der Waals surface area (Å²) >= 11 is 19.7. The number of rotatable bonds is 5. The SMILES string of the molecule is OC(CSc1cccc(Cl)c1)Cc1c(Cl)cccc1Cl. The molecule has 0 radical (unpaired) electrons. The fourth-order valence-corrected chi connectivity index (χ4v) is 3.47. The average molecular weight is 348 g/mol. The Morgan fingerprint density at radius 1 is 1.00 bits per heavy atom. The number of aliphatic hydroxyl groups is 1. The second-order valence-corrected chi connectivity index (χ2v) is 6.67. The highest BCUT2D eigenvalue weighted by Gasteiger charge is 2.12. The summed E-state index contributed by atoms with van der Waals surface area (Å²) in [5.41, 5.74) is 0.787. The summed E-state index contributed by atoms with van der Waals surface area (Å²) in [6.07, 6.45) is -0.0807. The van der Waals surface area contributed by atoms with Gasteiger partial charge in [0.05, 0.1) is 6.10 Å². The third-order valence-corrected chi connectivity index (χ3v) is 4.82. The van der Waals surface area contributed by atoms with E-state index in [4.69, 9.17) is 34.8 Å². The summed E-state index contributed by atoms with van der Waals surface area (Å²) in [5, 5.41) is 12.0. The minimum Gasteiger partial charge on any atom is -0.392 e. The number of hydrogen-bond donors (Lipinski definition) is 1. The standard InChI is InChI=1S/C15H13Cl3OS/c16-10-3-1-4-12(7-10)20-9-11(19)8-13-14(17)5-2-6-15(13)18/h1-7,11,19H,8-9H2. The Kier molecular flexibility index (Phi) is 6.06. The van der Waals surface area contributed by atoms with Crippen LogP contribution >= 0.6 is 46.6 Å². The van der Waals surface area contributed by atoms with Crippen molar-refractivity contribution in [2.24, 2.45) is 0 Å². The fourth-order valence-electron chi connectivity index (χ4n) is 1.77. The quantitative estimate of drug-likeness (QED) is 0.736. The van der Waals surface area contributed by atoms with Crippen LogP contribution in [0.3, 0.4) is 0 Å². The second kappa shape index (κ2) is 7.58. The molecule has 1 unspecified atom stereocenters. The van der Waals surface area contributed by atoms with Crippen LogP contribution in [0, 0.1) is 0 Å². The first kappa shape index (κ1) is 16.0. The highest BCUT2D eigenvalue weighted by atomic mass is 35.5. The molecule has 0 heterocycles. The molecule has 1 N–H and O–H groups in total. The van der Waals surface area contributed by atoms with E-state index in [1.54, 1.807) is 30.0 Å². The molecule has 2 aromatic rings. The van der Waals surface area contributed by atoms with Crippen molar-refractivity contribution in [1.29, 1.82) is 0 Å². The second-order valence-electron chi connectivity index (χ2n) is 4.33. The van der Waals surface area contributed by atoms with Crippen molar-refractivity contribution < 1.29 is 5.11 Å². The van der Waals surface area contributed by atoms with Gasteiger partial charge in [-0.2, -0.15) is 0 Å². The number of halogens is 3. The van der Waals surface area contributed by atoms with Crippen molar-refractivity contribution in [3.8, 4) is 0 Å². The van der Waals surface area contributed by atoms with Crippen molar-refractivity contribution in [1.82, 2.24) is 0 Å². The third kappa shape index (κ3) is 4.57. The monoisotopic (exact) mass is 346 g/mol. The number of aliphatic hydroxyl groups excluding tert-OH is 1. The maximum atomic E-state index is 10.1. The highest BCUT2D eigenvalue weighted by molar-refractivity contribution is 7.99. The molecule has 0 aromatic heterocycles. The van der Waals surface area contributed by atoms with Gasteiger partial charge in [-0.25, -0.2) is 0 Å². The van der Waals surface area contributed by atoms with Crippen LogP contribution in [-0.2, 0) is 6.42 Å². The molecule has 0 aliphatic carbocycles. The topological polar surface area (TPSA) is 20.2 Å². The van der Waals surface area contributed by atoms with Gasteiger partial charge in [0.2, 0.25) is 0 Å². The van der Waals surface area contributed by atoms with Gasteiger partial charge >= 0.3 is 0 Å². The zero-order valence-electron chi connectivity index (χ0n) is 10.5. The van der Waals surface area contributed by atoms with Crippen LogP contribution in [0.5, 0.6) is 0 Å². The smallest absolute Gasteiger partial charge is 0.0675 e. The van der Waals surface area contributed by atoms with E-state index < -0.39 is 6.10 Å². The minimum absolute atomic E-state index is 0.437. The normalized spacial score (nSPS) is 12.4. The van der Waals surface area contributed by atoms with E-state index in [2.05, 4.69) is 0 Å². The molecule has 0 amide bonds. The van der Waals surface area contributed by atoms with Gasteiger partial charge in [-0.05, 0) is 35.9 Å². The van der Waals surface area contributed by atoms with Crippen molar-refractivity contribution in [2.45, 2.75) is 17.4 Å². The van der Waals surface area contributed by atoms with E-state index in [1.807, 2.05) is 24.3 Å².